The molecule has 0 fully saturated rings. The molecule has 0 aromatic heterocycles. The zero-order valence-corrected chi connectivity index (χ0v) is 11.7. The highest BCUT2D eigenvalue weighted by Gasteiger charge is 2.30. The molecule has 0 radical (unpaired) electrons. The van der Waals surface area contributed by atoms with Crippen LogP contribution in [0.5, 0.6) is 5.75 Å². The predicted octanol–water partition coefficient (Wildman–Crippen LogP) is 1.73. The van der Waals surface area contributed by atoms with Crippen LogP contribution in [0.1, 0.15) is 18.9 Å². The molecular formula is C13H18N2O5. The fraction of sp³-hybridized carbons (Fsp3) is 0.462. The van der Waals surface area contributed by atoms with Gasteiger partial charge >= 0.3 is 5.97 Å². The smallest absolute Gasteiger partial charge is 0.323 e. The number of rotatable bonds is 7. The zero-order valence-electron chi connectivity index (χ0n) is 11.7. The zero-order chi connectivity index (χ0) is 15.3. The summed E-state index contributed by atoms with van der Waals surface area (Å²) in [6, 6.07) is 4.30. The minimum Gasteiger partial charge on any atom is -0.493 e. The van der Waals surface area contributed by atoms with Crippen LogP contribution in [-0.4, -0.2) is 35.2 Å². The number of nitro groups is 1. The minimum atomic E-state index is -1.06. The first-order chi connectivity index (χ1) is 9.30. The van der Waals surface area contributed by atoms with Gasteiger partial charge in [-0.15, -0.1) is 0 Å². The summed E-state index contributed by atoms with van der Waals surface area (Å²) in [5.74, 6) is -0.441. The number of nitro benzene ring substituents is 1. The van der Waals surface area contributed by atoms with E-state index >= 15 is 0 Å². The lowest BCUT2D eigenvalue weighted by atomic mass is 9.99. The van der Waals surface area contributed by atoms with Gasteiger partial charge in [-0.1, -0.05) is 0 Å². The number of nitrogens with zero attached hydrogens (tertiary/aromatic N) is 1. The molecule has 1 aromatic rings. The molecule has 0 bridgehead atoms. The maximum atomic E-state index is 11.1. The molecule has 0 spiro atoms. The summed E-state index contributed by atoms with van der Waals surface area (Å²) in [4.78, 5) is 21.2. The first kappa shape index (κ1) is 15.9. The third-order valence-electron chi connectivity index (χ3n) is 3.25. The van der Waals surface area contributed by atoms with Gasteiger partial charge < -0.3 is 15.2 Å². The van der Waals surface area contributed by atoms with E-state index in [1.807, 2.05) is 0 Å². The van der Waals surface area contributed by atoms with Crippen LogP contribution in [0.15, 0.2) is 18.2 Å². The van der Waals surface area contributed by atoms with Crippen molar-refractivity contribution in [3.05, 3.63) is 33.9 Å². The van der Waals surface area contributed by atoms with Crippen LogP contribution in [0.3, 0.4) is 0 Å². The Morgan fingerprint density at radius 3 is 2.65 bits per heavy atom. The third kappa shape index (κ3) is 3.67. The normalized spacial score (nSPS) is 13.6. The van der Waals surface area contributed by atoms with Gasteiger partial charge in [-0.25, -0.2) is 0 Å². The van der Waals surface area contributed by atoms with Crippen LogP contribution in [0.4, 0.5) is 5.69 Å². The number of non-ortho nitro benzene ring substituents is 1. The molecule has 7 heteroatoms. The fourth-order valence-corrected chi connectivity index (χ4v) is 1.61. The first-order valence-corrected chi connectivity index (χ1v) is 6.10. The molecule has 0 aliphatic carbocycles. The van der Waals surface area contributed by atoms with Crippen LogP contribution in [0.25, 0.3) is 0 Å². The highest BCUT2D eigenvalue weighted by molar-refractivity contribution is 5.78. The number of benzene rings is 1. The molecular weight excluding hydrogens is 264 g/mol. The molecule has 7 nitrogen and oxygen atoms in total. The van der Waals surface area contributed by atoms with Gasteiger partial charge in [0.2, 0.25) is 0 Å². The Balaban J connectivity index is 2.67. The molecule has 20 heavy (non-hydrogen) atoms. The second-order valence-corrected chi connectivity index (χ2v) is 4.69. The van der Waals surface area contributed by atoms with Crippen LogP contribution in [-0.2, 0) is 4.79 Å². The summed E-state index contributed by atoms with van der Waals surface area (Å²) in [7, 11) is 1.57. The first-order valence-electron chi connectivity index (χ1n) is 6.10. The molecule has 110 valence electrons. The molecule has 0 saturated heterocycles. The van der Waals surface area contributed by atoms with E-state index in [1.54, 1.807) is 20.9 Å². The lowest BCUT2D eigenvalue weighted by molar-refractivity contribution is -0.384. The van der Waals surface area contributed by atoms with E-state index in [9.17, 15) is 14.9 Å². The van der Waals surface area contributed by atoms with Gasteiger partial charge in [0.05, 0.1) is 11.5 Å². The lowest BCUT2D eigenvalue weighted by Gasteiger charge is -2.24. The van der Waals surface area contributed by atoms with Crippen molar-refractivity contribution < 1.29 is 19.6 Å². The second kappa shape index (κ2) is 6.33. The van der Waals surface area contributed by atoms with Crippen molar-refractivity contribution in [1.82, 2.24) is 5.32 Å². The molecule has 0 aliphatic heterocycles. The number of hydrogen-bond donors (Lipinski definition) is 2. The number of ether oxygens (including phenoxy) is 1. The van der Waals surface area contributed by atoms with E-state index in [0.717, 1.165) is 0 Å². The van der Waals surface area contributed by atoms with Crippen molar-refractivity contribution in [2.45, 2.75) is 25.8 Å². The Labute approximate surface area is 116 Å². The Morgan fingerprint density at radius 2 is 2.20 bits per heavy atom. The van der Waals surface area contributed by atoms with Gasteiger partial charge in [0, 0.05) is 18.6 Å². The largest absolute Gasteiger partial charge is 0.493 e. The van der Waals surface area contributed by atoms with Crippen molar-refractivity contribution in [2.24, 2.45) is 0 Å². The Bertz CT molecular complexity index is 517. The van der Waals surface area contributed by atoms with Crippen molar-refractivity contribution in [2.75, 3.05) is 13.7 Å². The third-order valence-corrected chi connectivity index (χ3v) is 3.25. The number of carboxylic acid groups (broad SMARTS) is 1. The quantitative estimate of drug-likeness (QED) is 0.583. The SMILES string of the molecule is CNC(C)(CCOc1ccc([N+](=O)[O-])cc1C)C(=O)O. The van der Waals surface area contributed by atoms with Gasteiger partial charge in [0.25, 0.3) is 5.69 Å². The van der Waals surface area contributed by atoms with Gasteiger partial charge in [0.15, 0.2) is 0 Å². The average Bonchev–Trinajstić information content (AvgIpc) is 2.39. The number of nitrogens with one attached hydrogen (secondary N) is 1. The maximum Gasteiger partial charge on any atom is 0.323 e. The number of hydrogen-bond acceptors (Lipinski definition) is 5. The summed E-state index contributed by atoms with van der Waals surface area (Å²) in [5.41, 5.74) is -0.421. The van der Waals surface area contributed by atoms with Crippen molar-refractivity contribution in [3.8, 4) is 5.75 Å². The highest BCUT2D eigenvalue weighted by Crippen LogP contribution is 2.23. The monoisotopic (exact) mass is 282 g/mol. The summed E-state index contributed by atoms with van der Waals surface area (Å²) < 4.78 is 5.49. The van der Waals surface area contributed by atoms with Crippen LogP contribution in [0.2, 0.25) is 0 Å². The number of aliphatic carboxylic acids is 1. The van der Waals surface area contributed by atoms with E-state index in [0.29, 0.717) is 11.3 Å². The minimum absolute atomic E-state index is 0.000416. The molecule has 0 aliphatic rings. The Hall–Kier alpha value is -2.15. The van der Waals surface area contributed by atoms with Gasteiger partial charge in [-0.2, -0.15) is 0 Å². The standard InChI is InChI=1S/C13H18N2O5/c1-9-8-10(15(18)19)4-5-11(9)20-7-6-13(2,14-3)12(16)17/h4-5,8,14H,6-7H2,1-3H3,(H,16,17). The van der Waals surface area contributed by atoms with Crippen molar-refractivity contribution in [3.63, 3.8) is 0 Å². The summed E-state index contributed by atoms with van der Waals surface area (Å²) in [5, 5.41) is 22.4. The second-order valence-electron chi connectivity index (χ2n) is 4.69. The van der Waals surface area contributed by atoms with E-state index in [1.165, 1.54) is 18.2 Å². The van der Waals surface area contributed by atoms with Gasteiger partial charge in [0.1, 0.15) is 11.3 Å². The molecule has 0 saturated carbocycles. The van der Waals surface area contributed by atoms with Gasteiger partial charge in [-0.3, -0.25) is 14.9 Å². The van der Waals surface area contributed by atoms with Gasteiger partial charge in [-0.05, 0) is 32.5 Å². The molecule has 1 aromatic carbocycles. The van der Waals surface area contributed by atoms with E-state index in [2.05, 4.69) is 5.32 Å². The van der Waals surface area contributed by atoms with Crippen molar-refractivity contribution >= 4 is 11.7 Å². The van der Waals surface area contributed by atoms with E-state index in [4.69, 9.17) is 9.84 Å². The maximum absolute atomic E-state index is 11.1. The number of aryl methyl sites for hydroxylation is 1. The number of carboxylic acids is 1. The molecule has 2 N–H and O–H groups in total. The van der Waals surface area contributed by atoms with Crippen LogP contribution in [0, 0.1) is 17.0 Å². The summed E-state index contributed by atoms with van der Waals surface area (Å²) in [6.07, 6.45) is 0.273. The summed E-state index contributed by atoms with van der Waals surface area (Å²) >= 11 is 0. The van der Waals surface area contributed by atoms with Crippen LogP contribution < -0.4 is 10.1 Å². The predicted molar refractivity (Wildman–Crippen MR) is 73.0 cm³/mol. The Morgan fingerprint density at radius 1 is 1.55 bits per heavy atom. The molecule has 0 amide bonds. The summed E-state index contributed by atoms with van der Waals surface area (Å²) in [6.45, 7) is 3.47. The molecule has 1 atom stereocenters. The van der Waals surface area contributed by atoms with Crippen molar-refractivity contribution in [1.29, 1.82) is 0 Å². The van der Waals surface area contributed by atoms with Crippen LogP contribution >= 0.6 is 0 Å². The average molecular weight is 282 g/mol. The number of carbonyl (C=O) groups is 1. The molecule has 1 rings (SSSR count). The molecule has 1 unspecified atom stereocenters. The number of likely N-dealkylation sites (N-methyl/N-ethyl adjacent to an activating group) is 1. The highest BCUT2D eigenvalue weighted by atomic mass is 16.6. The van der Waals surface area contributed by atoms with E-state index < -0.39 is 16.4 Å². The van der Waals surface area contributed by atoms with E-state index in [-0.39, 0.29) is 18.7 Å². The molecule has 0 heterocycles. The topological polar surface area (TPSA) is 102 Å². The fourth-order valence-electron chi connectivity index (χ4n) is 1.61. The lowest BCUT2D eigenvalue weighted by Crippen LogP contribution is -2.48. The Kier molecular flexibility index (Phi) is 5.04.